The second-order valence-electron chi connectivity index (χ2n) is 3.54. The van der Waals surface area contributed by atoms with Gasteiger partial charge in [-0.3, -0.25) is 4.68 Å². The number of rotatable bonds is 5. The molecule has 0 fully saturated rings. The highest BCUT2D eigenvalue weighted by atomic mass is 32.1. The van der Waals surface area contributed by atoms with Gasteiger partial charge in [0.15, 0.2) is 5.13 Å². The van der Waals surface area contributed by atoms with Crippen LogP contribution in [0.25, 0.3) is 10.4 Å². The Morgan fingerprint density at radius 3 is 2.94 bits per heavy atom. The van der Waals surface area contributed by atoms with Crippen molar-refractivity contribution in [2.45, 2.75) is 26.8 Å². The van der Waals surface area contributed by atoms with Crippen molar-refractivity contribution in [1.29, 1.82) is 0 Å². The van der Waals surface area contributed by atoms with E-state index in [4.69, 9.17) is 0 Å². The van der Waals surface area contributed by atoms with Crippen LogP contribution >= 0.6 is 11.3 Å². The number of thiazole rings is 1. The normalized spacial score (nSPS) is 10.6. The van der Waals surface area contributed by atoms with Gasteiger partial charge in [-0.1, -0.05) is 18.3 Å². The van der Waals surface area contributed by atoms with Crippen molar-refractivity contribution in [3.63, 3.8) is 0 Å². The lowest BCUT2D eigenvalue weighted by molar-refractivity contribution is 0.660. The van der Waals surface area contributed by atoms with Crippen LogP contribution in [0.1, 0.15) is 20.3 Å². The van der Waals surface area contributed by atoms with E-state index >= 15 is 0 Å². The molecular weight excluding hydrogens is 220 g/mol. The Balaban J connectivity index is 2.11. The Morgan fingerprint density at radius 1 is 1.38 bits per heavy atom. The summed E-state index contributed by atoms with van der Waals surface area (Å²) in [6, 6.07) is 0. The topological polar surface area (TPSA) is 42.7 Å². The van der Waals surface area contributed by atoms with Gasteiger partial charge in [-0.15, -0.1) is 0 Å². The smallest absolute Gasteiger partial charge is 0.183 e. The average Bonchev–Trinajstić information content (AvgIpc) is 2.94. The van der Waals surface area contributed by atoms with Crippen molar-refractivity contribution < 1.29 is 0 Å². The molecule has 0 aromatic carbocycles. The molecule has 0 amide bonds. The molecule has 0 aliphatic heterocycles. The predicted octanol–water partition coefficient (Wildman–Crippen LogP) is 2.85. The highest BCUT2D eigenvalue weighted by Gasteiger charge is 2.05. The van der Waals surface area contributed by atoms with Gasteiger partial charge in [0, 0.05) is 31.0 Å². The maximum absolute atomic E-state index is 4.34. The quantitative estimate of drug-likeness (QED) is 0.868. The minimum absolute atomic E-state index is 0.903. The number of hydrogen-bond donors (Lipinski definition) is 1. The second kappa shape index (κ2) is 5.12. The number of nitrogens with zero attached hydrogens (tertiary/aromatic N) is 3. The molecule has 0 atom stereocenters. The molecule has 0 bridgehead atoms. The molecule has 16 heavy (non-hydrogen) atoms. The molecule has 86 valence electrons. The Morgan fingerprint density at radius 2 is 2.25 bits per heavy atom. The SMILES string of the molecule is CCCNc1ncc(-c2cnn(CC)c2)s1. The van der Waals surface area contributed by atoms with Crippen molar-refractivity contribution in [2.75, 3.05) is 11.9 Å². The molecule has 0 saturated carbocycles. The number of aryl methyl sites for hydroxylation is 1. The van der Waals surface area contributed by atoms with Crippen LogP contribution in [0, 0.1) is 0 Å². The van der Waals surface area contributed by atoms with Crippen LogP contribution in [0.3, 0.4) is 0 Å². The van der Waals surface area contributed by atoms with Crippen LogP contribution < -0.4 is 5.32 Å². The largest absolute Gasteiger partial charge is 0.362 e. The molecule has 1 N–H and O–H groups in total. The molecule has 0 saturated heterocycles. The second-order valence-corrected chi connectivity index (χ2v) is 4.57. The lowest BCUT2D eigenvalue weighted by atomic mass is 10.3. The third kappa shape index (κ3) is 2.41. The fourth-order valence-electron chi connectivity index (χ4n) is 1.38. The van der Waals surface area contributed by atoms with Gasteiger partial charge in [0.25, 0.3) is 0 Å². The zero-order chi connectivity index (χ0) is 11.4. The Bertz CT molecular complexity index is 446. The molecule has 0 aliphatic rings. The van der Waals surface area contributed by atoms with Crippen LogP contribution in [-0.4, -0.2) is 21.3 Å². The van der Waals surface area contributed by atoms with E-state index in [-0.39, 0.29) is 0 Å². The van der Waals surface area contributed by atoms with E-state index in [0.717, 1.165) is 30.2 Å². The number of anilines is 1. The first-order valence-electron chi connectivity index (χ1n) is 5.56. The molecule has 0 radical (unpaired) electrons. The van der Waals surface area contributed by atoms with Crippen molar-refractivity contribution in [2.24, 2.45) is 0 Å². The molecule has 0 aliphatic carbocycles. The maximum atomic E-state index is 4.34. The van der Waals surface area contributed by atoms with Crippen molar-refractivity contribution >= 4 is 16.5 Å². The van der Waals surface area contributed by atoms with E-state index in [1.54, 1.807) is 11.3 Å². The highest BCUT2D eigenvalue weighted by molar-refractivity contribution is 7.18. The summed E-state index contributed by atoms with van der Waals surface area (Å²) in [4.78, 5) is 5.50. The van der Waals surface area contributed by atoms with Gasteiger partial charge in [-0.2, -0.15) is 5.10 Å². The summed E-state index contributed by atoms with van der Waals surface area (Å²) in [6.45, 7) is 6.10. The average molecular weight is 236 g/mol. The molecule has 4 nitrogen and oxygen atoms in total. The summed E-state index contributed by atoms with van der Waals surface area (Å²) in [5.41, 5.74) is 1.14. The first-order chi connectivity index (χ1) is 7.83. The van der Waals surface area contributed by atoms with E-state index in [0.29, 0.717) is 0 Å². The first kappa shape index (κ1) is 11.1. The third-order valence-corrected chi connectivity index (χ3v) is 3.28. The number of aromatic nitrogens is 3. The Kier molecular flexibility index (Phi) is 3.56. The van der Waals surface area contributed by atoms with Gasteiger partial charge in [0.2, 0.25) is 0 Å². The van der Waals surface area contributed by atoms with Gasteiger partial charge >= 0.3 is 0 Å². The zero-order valence-electron chi connectivity index (χ0n) is 9.60. The van der Waals surface area contributed by atoms with Gasteiger partial charge in [-0.05, 0) is 13.3 Å². The Hall–Kier alpha value is -1.36. The molecule has 2 aromatic rings. The van der Waals surface area contributed by atoms with Gasteiger partial charge in [0.1, 0.15) is 0 Å². The molecule has 2 aromatic heterocycles. The minimum atomic E-state index is 0.903. The van der Waals surface area contributed by atoms with Gasteiger partial charge in [-0.25, -0.2) is 4.98 Å². The summed E-state index contributed by atoms with van der Waals surface area (Å²) in [7, 11) is 0. The monoisotopic (exact) mass is 236 g/mol. The predicted molar refractivity (Wildman–Crippen MR) is 67.8 cm³/mol. The third-order valence-electron chi connectivity index (χ3n) is 2.27. The summed E-state index contributed by atoms with van der Waals surface area (Å²) >= 11 is 1.67. The van der Waals surface area contributed by atoms with E-state index in [1.807, 2.05) is 17.1 Å². The molecular formula is C11H16N4S. The van der Waals surface area contributed by atoms with Crippen LogP contribution in [0.5, 0.6) is 0 Å². The summed E-state index contributed by atoms with van der Waals surface area (Å²) in [5, 5.41) is 8.53. The van der Waals surface area contributed by atoms with Crippen LogP contribution in [-0.2, 0) is 6.54 Å². The lowest BCUT2D eigenvalue weighted by Gasteiger charge is -1.96. The van der Waals surface area contributed by atoms with E-state index in [1.165, 1.54) is 4.88 Å². The molecule has 5 heteroatoms. The van der Waals surface area contributed by atoms with Crippen molar-refractivity contribution in [1.82, 2.24) is 14.8 Å². The van der Waals surface area contributed by atoms with E-state index in [9.17, 15) is 0 Å². The van der Waals surface area contributed by atoms with Crippen LogP contribution in [0.4, 0.5) is 5.13 Å². The highest BCUT2D eigenvalue weighted by Crippen LogP contribution is 2.28. The lowest BCUT2D eigenvalue weighted by Crippen LogP contribution is -1.97. The van der Waals surface area contributed by atoms with Gasteiger partial charge < -0.3 is 5.32 Å². The van der Waals surface area contributed by atoms with E-state index < -0.39 is 0 Å². The van der Waals surface area contributed by atoms with Crippen molar-refractivity contribution in [3.8, 4) is 10.4 Å². The fourth-order valence-corrected chi connectivity index (χ4v) is 2.20. The molecule has 2 rings (SSSR count). The number of hydrogen-bond acceptors (Lipinski definition) is 4. The Labute approximate surface area is 99.3 Å². The first-order valence-corrected chi connectivity index (χ1v) is 6.37. The van der Waals surface area contributed by atoms with Crippen LogP contribution in [0.2, 0.25) is 0 Å². The summed E-state index contributed by atoms with van der Waals surface area (Å²) in [6.07, 6.45) is 6.96. The maximum Gasteiger partial charge on any atom is 0.183 e. The van der Waals surface area contributed by atoms with Crippen molar-refractivity contribution in [3.05, 3.63) is 18.6 Å². The molecule has 0 spiro atoms. The standard InChI is InChI=1S/C11H16N4S/c1-3-5-12-11-13-7-10(16-11)9-6-14-15(4-2)8-9/h6-8H,3-5H2,1-2H3,(H,12,13). The summed E-state index contributed by atoms with van der Waals surface area (Å²) in [5.74, 6) is 0. The van der Waals surface area contributed by atoms with E-state index in [2.05, 4.69) is 35.4 Å². The number of nitrogens with one attached hydrogen (secondary N) is 1. The summed E-state index contributed by atoms with van der Waals surface area (Å²) < 4.78 is 1.92. The fraction of sp³-hybridized carbons (Fsp3) is 0.455. The minimum Gasteiger partial charge on any atom is -0.362 e. The van der Waals surface area contributed by atoms with Crippen LogP contribution in [0.15, 0.2) is 18.6 Å². The zero-order valence-corrected chi connectivity index (χ0v) is 10.4. The van der Waals surface area contributed by atoms with Gasteiger partial charge in [0.05, 0.1) is 11.1 Å². The molecule has 2 heterocycles. The molecule has 0 unspecified atom stereocenters.